The summed E-state index contributed by atoms with van der Waals surface area (Å²) in [5.74, 6) is 0.645. The van der Waals surface area contributed by atoms with E-state index in [9.17, 15) is 0 Å². The normalized spacial score (nSPS) is 22.3. The molecule has 0 bridgehead atoms. The van der Waals surface area contributed by atoms with Gasteiger partial charge in [-0.2, -0.15) is 0 Å². The minimum atomic E-state index is -0.421. The van der Waals surface area contributed by atoms with Crippen molar-refractivity contribution in [1.82, 2.24) is 0 Å². The summed E-state index contributed by atoms with van der Waals surface area (Å²) >= 11 is 2.34. The van der Waals surface area contributed by atoms with Crippen LogP contribution in [0, 0.1) is 0 Å². The summed E-state index contributed by atoms with van der Waals surface area (Å²) in [7, 11) is 0. The standard InChI is InChI=1S/C8H13IO2/c1-8(2)10-6-4-7(11-8)3-5-9/h4H,3,5-6H2,1-2H3. The summed E-state index contributed by atoms with van der Waals surface area (Å²) < 4.78 is 12.0. The van der Waals surface area contributed by atoms with Crippen LogP contribution in [0.15, 0.2) is 11.8 Å². The van der Waals surface area contributed by atoms with Crippen molar-refractivity contribution in [2.24, 2.45) is 0 Å². The molecule has 0 aromatic rings. The quantitative estimate of drug-likeness (QED) is 0.566. The maximum absolute atomic E-state index is 5.55. The van der Waals surface area contributed by atoms with E-state index < -0.39 is 5.79 Å². The highest BCUT2D eigenvalue weighted by molar-refractivity contribution is 14.1. The molecular weight excluding hydrogens is 255 g/mol. The summed E-state index contributed by atoms with van der Waals surface area (Å²) in [5.41, 5.74) is 0. The molecule has 0 unspecified atom stereocenters. The average molecular weight is 268 g/mol. The van der Waals surface area contributed by atoms with E-state index in [1.54, 1.807) is 0 Å². The summed E-state index contributed by atoms with van der Waals surface area (Å²) in [6.45, 7) is 4.55. The first-order valence-corrected chi connectivity index (χ1v) is 5.24. The molecule has 64 valence electrons. The van der Waals surface area contributed by atoms with Crippen molar-refractivity contribution >= 4 is 22.6 Å². The van der Waals surface area contributed by atoms with Crippen LogP contribution in [0.25, 0.3) is 0 Å². The number of hydrogen-bond acceptors (Lipinski definition) is 2. The molecule has 0 fully saturated rings. The molecule has 0 spiro atoms. The fraction of sp³-hybridized carbons (Fsp3) is 0.750. The van der Waals surface area contributed by atoms with E-state index in [2.05, 4.69) is 22.6 Å². The molecule has 3 heteroatoms. The van der Waals surface area contributed by atoms with Gasteiger partial charge in [0.15, 0.2) is 0 Å². The monoisotopic (exact) mass is 268 g/mol. The highest BCUT2D eigenvalue weighted by atomic mass is 127. The third-order valence-electron chi connectivity index (χ3n) is 1.46. The van der Waals surface area contributed by atoms with Crippen molar-refractivity contribution in [3.8, 4) is 0 Å². The predicted molar refractivity (Wildman–Crippen MR) is 52.7 cm³/mol. The molecule has 0 amide bonds. The molecular formula is C8H13IO2. The Hall–Kier alpha value is 0.230. The molecule has 11 heavy (non-hydrogen) atoms. The van der Waals surface area contributed by atoms with E-state index in [0.29, 0.717) is 6.61 Å². The summed E-state index contributed by atoms with van der Waals surface area (Å²) in [5, 5.41) is 0. The van der Waals surface area contributed by atoms with Crippen LogP contribution in [-0.2, 0) is 9.47 Å². The van der Waals surface area contributed by atoms with Gasteiger partial charge in [-0.1, -0.05) is 22.6 Å². The lowest BCUT2D eigenvalue weighted by Crippen LogP contribution is -2.31. The van der Waals surface area contributed by atoms with E-state index in [-0.39, 0.29) is 0 Å². The first-order chi connectivity index (χ1) is 5.14. The number of alkyl halides is 1. The van der Waals surface area contributed by atoms with Crippen molar-refractivity contribution in [1.29, 1.82) is 0 Å². The van der Waals surface area contributed by atoms with Crippen LogP contribution in [0.4, 0.5) is 0 Å². The summed E-state index contributed by atoms with van der Waals surface area (Å²) in [6.07, 6.45) is 3.01. The zero-order chi connectivity index (χ0) is 8.32. The van der Waals surface area contributed by atoms with Crippen molar-refractivity contribution in [2.45, 2.75) is 26.1 Å². The largest absolute Gasteiger partial charge is 0.468 e. The fourth-order valence-corrected chi connectivity index (χ4v) is 1.50. The molecule has 0 radical (unpaired) electrons. The zero-order valence-corrected chi connectivity index (χ0v) is 9.05. The molecule has 2 nitrogen and oxygen atoms in total. The second kappa shape index (κ2) is 3.76. The number of halogens is 1. The lowest BCUT2D eigenvalue weighted by molar-refractivity contribution is -0.197. The Morgan fingerprint density at radius 1 is 1.64 bits per heavy atom. The third-order valence-corrected chi connectivity index (χ3v) is 2.00. The molecule has 1 aliphatic heterocycles. The van der Waals surface area contributed by atoms with E-state index >= 15 is 0 Å². The minimum absolute atomic E-state index is 0.421. The molecule has 1 aliphatic rings. The van der Waals surface area contributed by atoms with Gasteiger partial charge in [0.25, 0.3) is 0 Å². The lowest BCUT2D eigenvalue weighted by Gasteiger charge is -2.31. The van der Waals surface area contributed by atoms with Gasteiger partial charge in [-0.05, 0) is 6.08 Å². The Morgan fingerprint density at radius 2 is 2.36 bits per heavy atom. The molecule has 0 N–H and O–H groups in total. The Labute approximate surface area is 81.1 Å². The van der Waals surface area contributed by atoms with Crippen LogP contribution in [0.5, 0.6) is 0 Å². The summed E-state index contributed by atoms with van der Waals surface area (Å²) in [6, 6.07) is 0. The van der Waals surface area contributed by atoms with Crippen LogP contribution >= 0.6 is 22.6 Å². The maximum Gasteiger partial charge on any atom is 0.204 e. The maximum atomic E-state index is 5.55. The number of ether oxygens (including phenoxy) is 2. The molecule has 0 aromatic carbocycles. The van der Waals surface area contributed by atoms with Gasteiger partial charge in [0.2, 0.25) is 5.79 Å². The first kappa shape index (κ1) is 9.32. The van der Waals surface area contributed by atoms with Crippen LogP contribution in [0.1, 0.15) is 20.3 Å². The third kappa shape index (κ3) is 2.99. The zero-order valence-electron chi connectivity index (χ0n) is 6.89. The van der Waals surface area contributed by atoms with E-state index in [4.69, 9.17) is 9.47 Å². The van der Waals surface area contributed by atoms with Crippen LogP contribution in [0.3, 0.4) is 0 Å². The van der Waals surface area contributed by atoms with Gasteiger partial charge in [-0.25, -0.2) is 0 Å². The average Bonchev–Trinajstić information content (AvgIpc) is 1.85. The van der Waals surface area contributed by atoms with Gasteiger partial charge < -0.3 is 9.47 Å². The molecule has 0 aliphatic carbocycles. The summed E-state index contributed by atoms with van der Waals surface area (Å²) in [4.78, 5) is 0. The first-order valence-electron chi connectivity index (χ1n) is 3.72. The Morgan fingerprint density at radius 3 is 2.91 bits per heavy atom. The van der Waals surface area contributed by atoms with Gasteiger partial charge in [0, 0.05) is 24.7 Å². The molecule has 0 saturated heterocycles. The topological polar surface area (TPSA) is 18.5 Å². The second-order valence-electron chi connectivity index (χ2n) is 2.92. The molecule has 1 rings (SSSR count). The smallest absolute Gasteiger partial charge is 0.204 e. The number of allylic oxidation sites excluding steroid dienone is 1. The van der Waals surface area contributed by atoms with E-state index in [0.717, 1.165) is 16.6 Å². The van der Waals surface area contributed by atoms with Crippen molar-refractivity contribution in [3.05, 3.63) is 11.8 Å². The van der Waals surface area contributed by atoms with Gasteiger partial charge >= 0.3 is 0 Å². The van der Waals surface area contributed by atoms with Gasteiger partial charge in [-0.3, -0.25) is 0 Å². The Bertz CT molecular complexity index is 163. The van der Waals surface area contributed by atoms with Gasteiger partial charge in [0.05, 0.1) is 12.4 Å². The predicted octanol–water partition coefficient (Wildman–Crippen LogP) is 2.48. The van der Waals surface area contributed by atoms with Gasteiger partial charge in [-0.15, -0.1) is 0 Å². The number of rotatable bonds is 2. The van der Waals surface area contributed by atoms with Crippen molar-refractivity contribution in [3.63, 3.8) is 0 Å². The minimum Gasteiger partial charge on any atom is -0.468 e. The lowest BCUT2D eigenvalue weighted by atomic mass is 10.3. The van der Waals surface area contributed by atoms with E-state index in [1.165, 1.54) is 0 Å². The molecule has 0 saturated carbocycles. The second-order valence-corrected chi connectivity index (χ2v) is 4.00. The SMILES string of the molecule is CC1(C)OCC=C(CCI)O1. The molecule has 0 atom stereocenters. The van der Waals surface area contributed by atoms with Crippen molar-refractivity contribution < 1.29 is 9.47 Å². The number of hydrogen-bond donors (Lipinski definition) is 0. The van der Waals surface area contributed by atoms with Crippen LogP contribution in [0.2, 0.25) is 0 Å². The molecule has 0 aromatic heterocycles. The Balaban J connectivity index is 2.49. The fourth-order valence-electron chi connectivity index (χ4n) is 0.968. The van der Waals surface area contributed by atoms with Crippen molar-refractivity contribution in [2.75, 3.05) is 11.0 Å². The van der Waals surface area contributed by atoms with Gasteiger partial charge in [0.1, 0.15) is 0 Å². The van der Waals surface area contributed by atoms with E-state index in [1.807, 2.05) is 19.9 Å². The Kier molecular flexibility index (Phi) is 3.18. The molecule has 1 heterocycles. The van der Waals surface area contributed by atoms with Crippen LogP contribution in [-0.4, -0.2) is 16.8 Å². The highest BCUT2D eigenvalue weighted by Crippen LogP contribution is 2.23. The van der Waals surface area contributed by atoms with Crippen LogP contribution < -0.4 is 0 Å². The highest BCUT2D eigenvalue weighted by Gasteiger charge is 2.23.